The lowest BCUT2D eigenvalue weighted by Crippen LogP contribution is -2.16. The van der Waals surface area contributed by atoms with Gasteiger partial charge in [-0.3, -0.25) is 4.98 Å². The van der Waals surface area contributed by atoms with Gasteiger partial charge in [0.15, 0.2) is 0 Å². The van der Waals surface area contributed by atoms with Crippen molar-refractivity contribution in [3.63, 3.8) is 0 Å². The van der Waals surface area contributed by atoms with E-state index in [0.29, 0.717) is 17.0 Å². The normalized spacial score (nSPS) is 10.8. The number of pyridine rings is 1. The molecule has 0 saturated carbocycles. The van der Waals surface area contributed by atoms with Gasteiger partial charge in [-0.2, -0.15) is 0 Å². The Balaban J connectivity index is 1.91. The van der Waals surface area contributed by atoms with Crippen LogP contribution in [-0.2, 0) is 4.74 Å². The highest BCUT2D eigenvalue weighted by Gasteiger charge is 2.22. The molecule has 5 nitrogen and oxygen atoms in total. The second kappa shape index (κ2) is 9.30. The van der Waals surface area contributed by atoms with Crippen LogP contribution in [0, 0.1) is 0 Å². The fraction of sp³-hybridized carbons (Fsp3) is 0.154. The number of ether oxygens (including phenoxy) is 2. The average Bonchev–Trinajstić information content (AvgIpc) is 2.83. The molecule has 5 heteroatoms. The number of aromatic nitrogens is 1. The van der Waals surface area contributed by atoms with Crippen LogP contribution in [0.5, 0.6) is 5.75 Å². The van der Waals surface area contributed by atoms with E-state index in [1.807, 2.05) is 54.6 Å². The number of hydrogen-bond acceptors (Lipinski definition) is 5. The summed E-state index contributed by atoms with van der Waals surface area (Å²) in [5.41, 5.74) is 3.98. The molecule has 0 saturated heterocycles. The van der Waals surface area contributed by atoms with Crippen LogP contribution >= 0.6 is 0 Å². The average molecular weight is 412 g/mol. The van der Waals surface area contributed by atoms with E-state index in [9.17, 15) is 4.79 Å². The van der Waals surface area contributed by atoms with Crippen molar-refractivity contribution in [3.8, 4) is 5.75 Å². The zero-order valence-electron chi connectivity index (χ0n) is 17.5. The van der Waals surface area contributed by atoms with E-state index in [0.717, 1.165) is 22.0 Å². The molecule has 4 aromatic rings. The summed E-state index contributed by atoms with van der Waals surface area (Å²) in [6.07, 6.45) is 1.57. The van der Waals surface area contributed by atoms with Crippen LogP contribution in [-0.4, -0.2) is 24.7 Å². The van der Waals surface area contributed by atoms with E-state index < -0.39 is 5.97 Å². The molecule has 0 fully saturated rings. The molecule has 4 rings (SSSR count). The quantitative estimate of drug-likeness (QED) is 0.399. The van der Waals surface area contributed by atoms with Crippen molar-refractivity contribution in [1.82, 2.24) is 4.98 Å². The zero-order valence-corrected chi connectivity index (χ0v) is 17.5. The standard InChI is InChI=1S/C26H24N2O3/c1-3-31-26(29)22-17-27-23-15-14-20(30-2)16-21(23)25(22)28-24(18-10-6-4-7-11-18)19-12-8-5-9-13-19/h4-17,24H,3H2,1-2H3,(H,27,28). The second-order valence-corrected chi connectivity index (χ2v) is 7.05. The lowest BCUT2D eigenvalue weighted by atomic mass is 9.97. The van der Waals surface area contributed by atoms with Gasteiger partial charge in [0.1, 0.15) is 11.3 Å². The van der Waals surface area contributed by atoms with Gasteiger partial charge in [0.25, 0.3) is 0 Å². The van der Waals surface area contributed by atoms with Gasteiger partial charge in [0.05, 0.1) is 31.0 Å². The Morgan fingerprint density at radius 2 is 1.61 bits per heavy atom. The number of fused-ring (bicyclic) bond motifs is 1. The van der Waals surface area contributed by atoms with Gasteiger partial charge in [-0.25, -0.2) is 4.79 Å². The Kier molecular flexibility index (Phi) is 6.13. The molecule has 0 aliphatic carbocycles. The van der Waals surface area contributed by atoms with Crippen LogP contribution in [0.4, 0.5) is 5.69 Å². The number of nitrogens with one attached hydrogen (secondary N) is 1. The van der Waals surface area contributed by atoms with E-state index in [-0.39, 0.29) is 12.6 Å². The van der Waals surface area contributed by atoms with E-state index in [1.165, 1.54) is 0 Å². The van der Waals surface area contributed by atoms with Gasteiger partial charge in [-0.1, -0.05) is 60.7 Å². The van der Waals surface area contributed by atoms with E-state index >= 15 is 0 Å². The van der Waals surface area contributed by atoms with Crippen molar-refractivity contribution < 1.29 is 14.3 Å². The summed E-state index contributed by atoms with van der Waals surface area (Å²) in [6, 6.07) is 25.7. The summed E-state index contributed by atoms with van der Waals surface area (Å²) < 4.78 is 10.7. The second-order valence-electron chi connectivity index (χ2n) is 7.05. The maximum atomic E-state index is 12.8. The molecular formula is C26H24N2O3. The molecular weight excluding hydrogens is 388 g/mol. The molecule has 0 atom stereocenters. The summed E-state index contributed by atoms with van der Waals surface area (Å²) in [5, 5.41) is 4.41. The number of carbonyl (C=O) groups is 1. The first kappa shape index (κ1) is 20.4. The van der Waals surface area contributed by atoms with Crippen molar-refractivity contribution in [2.45, 2.75) is 13.0 Å². The Morgan fingerprint density at radius 1 is 0.968 bits per heavy atom. The summed E-state index contributed by atoms with van der Waals surface area (Å²) in [4.78, 5) is 17.3. The highest BCUT2D eigenvalue weighted by molar-refractivity contribution is 6.05. The van der Waals surface area contributed by atoms with Gasteiger partial charge < -0.3 is 14.8 Å². The van der Waals surface area contributed by atoms with Gasteiger partial charge in [0.2, 0.25) is 0 Å². The first-order chi connectivity index (χ1) is 15.2. The molecule has 0 spiro atoms. The molecule has 0 aliphatic rings. The maximum absolute atomic E-state index is 12.8. The highest BCUT2D eigenvalue weighted by Crippen LogP contribution is 2.34. The van der Waals surface area contributed by atoms with Crippen LogP contribution in [0.3, 0.4) is 0 Å². The van der Waals surface area contributed by atoms with Crippen molar-refractivity contribution in [1.29, 1.82) is 0 Å². The van der Waals surface area contributed by atoms with E-state index in [2.05, 4.69) is 34.6 Å². The minimum Gasteiger partial charge on any atom is -0.497 e. The third-order valence-electron chi connectivity index (χ3n) is 5.12. The number of anilines is 1. The molecule has 0 aliphatic heterocycles. The fourth-order valence-corrected chi connectivity index (χ4v) is 3.61. The molecule has 0 bridgehead atoms. The Bertz CT molecular complexity index is 1140. The van der Waals surface area contributed by atoms with Crippen LogP contribution in [0.2, 0.25) is 0 Å². The van der Waals surface area contributed by atoms with Gasteiger partial charge in [-0.05, 0) is 36.2 Å². The SMILES string of the molecule is CCOC(=O)c1cnc2ccc(OC)cc2c1NC(c1ccccc1)c1ccccc1. The van der Waals surface area contributed by atoms with Crippen LogP contribution in [0.1, 0.15) is 34.5 Å². The van der Waals surface area contributed by atoms with Crippen molar-refractivity contribution >= 4 is 22.6 Å². The van der Waals surface area contributed by atoms with E-state index in [1.54, 1.807) is 20.2 Å². The predicted octanol–water partition coefficient (Wildman–Crippen LogP) is 5.62. The Labute approximate surface area is 181 Å². The number of benzene rings is 3. The lowest BCUT2D eigenvalue weighted by Gasteiger charge is -2.23. The zero-order chi connectivity index (χ0) is 21.6. The molecule has 1 aromatic heterocycles. The van der Waals surface area contributed by atoms with Crippen molar-refractivity contribution in [3.05, 3.63) is 102 Å². The Morgan fingerprint density at radius 3 is 2.19 bits per heavy atom. The number of methoxy groups -OCH3 is 1. The van der Waals surface area contributed by atoms with Gasteiger partial charge >= 0.3 is 5.97 Å². The van der Waals surface area contributed by atoms with E-state index in [4.69, 9.17) is 9.47 Å². The maximum Gasteiger partial charge on any atom is 0.341 e. The monoisotopic (exact) mass is 412 g/mol. The number of rotatable bonds is 7. The number of hydrogen-bond donors (Lipinski definition) is 1. The smallest absolute Gasteiger partial charge is 0.341 e. The number of carbonyl (C=O) groups excluding carboxylic acids is 1. The minimum atomic E-state index is -0.415. The summed E-state index contributed by atoms with van der Waals surface area (Å²) in [6.45, 7) is 2.08. The van der Waals surface area contributed by atoms with Crippen LogP contribution in [0.25, 0.3) is 10.9 Å². The third kappa shape index (κ3) is 4.36. The summed E-state index contributed by atoms with van der Waals surface area (Å²) >= 11 is 0. The molecule has 156 valence electrons. The van der Waals surface area contributed by atoms with Crippen molar-refractivity contribution in [2.75, 3.05) is 19.0 Å². The number of esters is 1. The molecule has 0 radical (unpaired) electrons. The molecule has 3 aromatic carbocycles. The third-order valence-corrected chi connectivity index (χ3v) is 5.12. The highest BCUT2D eigenvalue weighted by atomic mass is 16.5. The predicted molar refractivity (Wildman–Crippen MR) is 123 cm³/mol. The molecule has 0 amide bonds. The number of nitrogens with zero attached hydrogens (tertiary/aromatic N) is 1. The lowest BCUT2D eigenvalue weighted by molar-refractivity contribution is 0.0527. The largest absolute Gasteiger partial charge is 0.497 e. The van der Waals surface area contributed by atoms with Crippen LogP contribution < -0.4 is 10.1 Å². The fourth-order valence-electron chi connectivity index (χ4n) is 3.61. The molecule has 31 heavy (non-hydrogen) atoms. The topological polar surface area (TPSA) is 60.5 Å². The summed E-state index contributed by atoms with van der Waals surface area (Å²) in [7, 11) is 1.62. The molecule has 0 unspecified atom stereocenters. The minimum absolute atomic E-state index is 0.174. The van der Waals surface area contributed by atoms with Gasteiger partial charge in [-0.15, -0.1) is 0 Å². The van der Waals surface area contributed by atoms with Crippen LogP contribution in [0.15, 0.2) is 85.1 Å². The first-order valence-electron chi connectivity index (χ1n) is 10.2. The van der Waals surface area contributed by atoms with Crippen molar-refractivity contribution in [2.24, 2.45) is 0 Å². The Hall–Kier alpha value is -3.86. The summed E-state index contributed by atoms with van der Waals surface area (Å²) in [5.74, 6) is 0.274. The molecule has 1 N–H and O–H groups in total. The first-order valence-corrected chi connectivity index (χ1v) is 10.2. The molecule has 1 heterocycles. The van der Waals surface area contributed by atoms with Gasteiger partial charge in [0, 0.05) is 11.6 Å².